The Morgan fingerprint density at radius 3 is 2.25 bits per heavy atom. The predicted molar refractivity (Wildman–Crippen MR) is 76.7 cm³/mol. The highest BCUT2D eigenvalue weighted by atomic mass is 19.1. The molecular weight excluding hydrogens is 251 g/mol. The van der Waals surface area contributed by atoms with Gasteiger partial charge in [0.1, 0.15) is 5.82 Å². The number of aliphatic hydroxyl groups excluding tert-OH is 1. The standard InChI is InChI=1S/C18H23FO/c19-16-3-1-2-12(7-16)8-17(20)18-9-13-4-14(10-18)6-15(5-13)11-18/h1-3,7,13-15,17,20H,4-6,8-11H2. The van der Waals surface area contributed by atoms with E-state index in [0.29, 0.717) is 6.42 Å². The highest BCUT2D eigenvalue weighted by Gasteiger charge is 2.53. The van der Waals surface area contributed by atoms with Crippen LogP contribution in [0.15, 0.2) is 24.3 Å². The van der Waals surface area contributed by atoms with E-state index < -0.39 is 0 Å². The van der Waals surface area contributed by atoms with Gasteiger partial charge in [-0.2, -0.15) is 0 Å². The van der Waals surface area contributed by atoms with Crippen molar-refractivity contribution in [2.24, 2.45) is 23.2 Å². The van der Waals surface area contributed by atoms with Crippen LogP contribution < -0.4 is 0 Å². The first-order chi connectivity index (χ1) is 9.63. The normalized spacial score (nSPS) is 40.0. The second-order valence-corrected chi connectivity index (χ2v) is 7.63. The summed E-state index contributed by atoms with van der Waals surface area (Å²) in [5.74, 6) is 2.36. The van der Waals surface area contributed by atoms with Gasteiger partial charge in [0.15, 0.2) is 0 Å². The third kappa shape index (κ3) is 2.09. The van der Waals surface area contributed by atoms with Crippen molar-refractivity contribution in [3.63, 3.8) is 0 Å². The van der Waals surface area contributed by atoms with E-state index in [1.165, 1.54) is 44.6 Å². The molecular formula is C18H23FO. The van der Waals surface area contributed by atoms with Crippen molar-refractivity contribution < 1.29 is 9.50 Å². The summed E-state index contributed by atoms with van der Waals surface area (Å²) < 4.78 is 13.3. The van der Waals surface area contributed by atoms with Crippen LogP contribution in [0.4, 0.5) is 4.39 Å². The predicted octanol–water partition coefficient (Wildman–Crippen LogP) is 3.95. The number of rotatable bonds is 3. The van der Waals surface area contributed by atoms with Gasteiger partial charge in [-0.05, 0) is 85.8 Å². The topological polar surface area (TPSA) is 20.2 Å². The molecule has 4 aliphatic rings. The molecule has 1 unspecified atom stereocenters. The van der Waals surface area contributed by atoms with Crippen LogP contribution in [0.1, 0.15) is 44.1 Å². The molecule has 20 heavy (non-hydrogen) atoms. The lowest BCUT2D eigenvalue weighted by Gasteiger charge is -2.58. The fraction of sp³-hybridized carbons (Fsp3) is 0.667. The molecule has 1 aromatic rings. The molecule has 0 aromatic heterocycles. The Morgan fingerprint density at radius 2 is 1.70 bits per heavy atom. The third-order valence-corrected chi connectivity index (χ3v) is 6.11. The fourth-order valence-corrected chi connectivity index (χ4v) is 5.69. The molecule has 0 saturated heterocycles. The second-order valence-electron chi connectivity index (χ2n) is 7.63. The molecule has 0 heterocycles. The summed E-state index contributed by atoms with van der Waals surface area (Å²) in [6.45, 7) is 0. The smallest absolute Gasteiger partial charge is 0.123 e. The zero-order chi connectivity index (χ0) is 13.7. The minimum absolute atomic E-state index is 0.140. The van der Waals surface area contributed by atoms with Crippen LogP contribution in [0.25, 0.3) is 0 Å². The first-order valence-corrected chi connectivity index (χ1v) is 8.05. The van der Waals surface area contributed by atoms with E-state index in [-0.39, 0.29) is 17.3 Å². The van der Waals surface area contributed by atoms with E-state index in [0.717, 1.165) is 23.3 Å². The van der Waals surface area contributed by atoms with Gasteiger partial charge in [0.25, 0.3) is 0 Å². The van der Waals surface area contributed by atoms with E-state index in [1.54, 1.807) is 12.1 Å². The Morgan fingerprint density at radius 1 is 1.10 bits per heavy atom. The van der Waals surface area contributed by atoms with Gasteiger partial charge in [0.05, 0.1) is 6.10 Å². The van der Waals surface area contributed by atoms with Gasteiger partial charge in [-0.15, -0.1) is 0 Å². The highest BCUT2D eigenvalue weighted by Crippen LogP contribution is 2.61. The molecule has 5 rings (SSSR count). The molecule has 4 fully saturated rings. The lowest BCUT2D eigenvalue weighted by molar-refractivity contribution is -0.119. The summed E-state index contributed by atoms with van der Waals surface area (Å²) in [5, 5.41) is 10.8. The van der Waals surface area contributed by atoms with Crippen molar-refractivity contribution >= 4 is 0 Å². The Kier molecular flexibility index (Phi) is 2.92. The molecule has 0 aliphatic heterocycles. The van der Waals surface area contributed by atoms with Gasteiger partial charge in [-0.25, -0.2) is 4.39 Å². The summed E-state index contributed by atoms with van der Waals surface area (Å²) in [6, 6.07) is 6.73. The molecule has 2 heteroatoms. The third-order valence-electron chi connectivity index (χ3n) is 6.11. The van der Waals surface area contributed by atoms with E-state index in [2.05, 4.69) is 0 Å². The molecule has 4 aliphatic carbocycles. The van der Waals surface area contributed by atoms with E-state index in [9.17, 15) is 9.50 Å². The number of hydrogen-bond acceptors (Lipinski definition) is 1. The second kappa shape index (κ2) is 4.56. The lowest BCUT2D eigenvalue weighted by Crippen LogP contribution is -2.52. The molecule has 0 amide bonds. The summed E-state index contributed by atoms with van der Waals surface area (Å²) in [6.07, 6.45) is 8.12. The van der Waals surface area contributed by atoms with E-state index in [1.807, 2.05) is 6.07 Å². The van der Waals surface area contributed by atoms with Crippen LogP contribution in [0, 0.1) is 29.0 Å². The summed E-state index contributed by atoms with van der Waals surface area (Å²) in [7, 11) is 0. The van der Waals surface area contributed by atoms with Gasteiger partial charge in [-0.3, -0.25) is 0 Å². The number of benzene rings is 1. The van der Waals surface area contributed by atoms with Gasteiger partial charge >= 0.3 is 0 Å². The van der Waals surface area contributed by atoms with Crippen molar-refractivity contribution in [1.82, 2.24) is 0 Å². The molecule has 0 radical (unpaired) electrons. The van der Waals surface area contributed by atoms with Crippen LogP contribution in [0.2, 0.25) is 0 Å². The molecule has 1 aromatic carbocycles. The van der Waals surface area contributed by atoms with Gasteiger partial charge in [0, 0.05) is 0 Å². The highest BCUT2D eigenvalue weighted by molar-refractivity contribution is 5.18. The average molecular weight is 274 g/mol. The zero-order valence-electron chi connectivity index (χ0n) is 11.9. The van der Waals surface area contributed by atoms with Crippen molar-refractivity contribution in [2.45, 2.75) is 51.0 Å². The van der Waals surface area contributed by atoms with Crippen molar-refractivity contribution in [2.75, 3.05) is 0 Å². The summed E-state index contributed by atoms with van der Waals surface area (Å²) >= 11 is 0. The van der Waals surface area contributed by atoms with E-state index in [4.69, 9.17) is 0 Å². The van der Waals surface area contributed by atoms with Crippen LogP contribution in [-0.4, -0.2) is 11.2 Å². The average Bonchev–Trinajstić information content (AvgIpc) is 2.37. The molecule has 108 valence electrons. The van der Waals surface area contributed by atoms with Gasteiger partial charge in [-0.1, -0.05) is 12.1 Å². The maximum atomic E-state index is 13.3. The first kappa shape index (κ1) is 12.8. The fourth-order valence-electron chi connectivity index (χ4n) is 5.69. The zero-order valence-corrected chi connectivity index (χ0v) is 11.9. The quantitative estimate of drug-likeness (QED) is 0.885. The van der Waals surface area contributed by atoms with Crippen molar-refractivity contribution in [3.8, 4) is 0 Å². The maximum absolute atomic E-state index is 13.3. The largest absolute Gasteiger partial charge is 0.392 e. The molecule has 0 spiro atoms. The Labute approximate surface area is 120 Å². The summed E-state index contributed by atoms with van der Waals surface area (Å²) in [4.78, 5) is 0. The van der Waals surface area contributed by atoms with Gasteiger partial charge in [0.2, 0.25) is 0 Å². The van der Waals surface area contributed by atoms with Crippen molar-refractivity contribution in [1.29, 1.82) is 0 Å². The number of halogens is 1. The molecule has 1 atom stereocenters. The van der Waals surface area contributed by atoms with Crippen LogP contribution >= 0.6 is 0 Å². The van der Waals surface area contributed by atoms with Crippen LogP contribution in [-0.2, 0) is 6.42 Å². The minimum atomic E-state index is -0.294. The first-order valence-electron chi connectivity index (χ1n) is 8.05. The molecule has 1 N–H and O–H groups in total. The number of aliphatic hydroxyl groups is 1. The van der Waals surface area contributed by atoms with Crippen molar-refractivity contribution in [3.05, 3.63) is 35.6 Å². The lowest BCUT2D eigenvalue weighted by atomic mass is 9.48. The SMILES string of the molecule is OC(Cc1cccc(F)c1)C12CC3CC(CC(C3)C1)C2. The summed E-state index contributed by atoms with van der Waals surface area (Å²) in [5.41, 5.74) is 1.08. The molecule has 4 bridgehead atoms. The van der Waals surface area contributed by atoms with Crippen LogP contribution in [0.5, 0.6) is 0 Å². The number of hydrogen-bond donors (Lipinski definition) is 1. The Hall–Kier alpha value is -0.890. The minimum Gasteiger partial charge on any atom is -0.392 e. The maximum Gasteiger partial charge on any atom is 0.123 e. The molecule has 1 nitrogen and oxygen atoms in total. The van der Waals surface area contributed by atoms with Gasteiger partial charge < -0.3 is 5.11 Å². The Bertz CT molecular complexity index is 475. The Balaban J connectivity index is 1.54. The van der Waals surface area contributed by atoms with E-state index >= 15 is 0 Å². The molecule has 4 saturated carbocycles. The van der Waals surface area contributed by atoms with Crippen LogP contribution in [0.3, 0.4) is 0 Å². The monoisotopic (exact) mass is 274 g/mol.